The normalized spacial score (nSPS) is 20.9. The average molecular weight is 483 g/mol. The van der Waals surface area contributed by atoms with Gasteiger partial charge in [0.1, 0.15) is 5.75 Å². The van der Waals surface area contributed by atoms with Crippen LogP contribution in [0.25, 0.3) is 0 Å². The third-order valence-corrected chi connectivity index (χ3v) is 6.69. The van der Waals surface area contributed by atoms with Crippen LogP contribution in [0.4, 0.5) is 0 Å². The van der Waals surface area contributed by atoms with Crippen LogP contribution in [0.2, 0.25) is 0 Å². The van der Waals surface area contributed by atoms with Crippen LogP contribution in [-0.2, 0) is 22.5 Å². The summed E-state index contributed by atoms with van der Waals surface area (Å²) in [7, 11) is 0. The molecule has 3 aromatic carbocycles. The summed E-state index contributed by atoms with van der Waals surface area (Å²) in [5, 5.41) is 8.98. The maximum absolute atomic E-state index is 14.2. The van der Waals surface area contributed by atoms with Crippen molar-refractivity contribution in [2.24, 2.45) is 4.99 Å². The number of aliphatic imine (C=N–C) groups is 1. The van der Waals surface area contributed by atoms with Gasteiger partial charge in [0.05, 0.1) is 6.61 Å². The maximum atomic E-state index is 14.2. The smallest absolute Gasteiger partial charge is 0.255 e. The van der Waals surface area contributed by atoms with E-state index in [1.807, 2.05) is 71.6 Å². The Labute approximate surface area is 211 Å². The molecule has 0 aliphatic carbocycles. The number of benzene rings is 3. The number of carbonyl (C=O) groups excluding carboxylic acids is 1. The van der Waals surface area contributed by atoms with Crippen molar-refractivity contribution in [2.75, 3.05) is 19.8 Å². The molecule has 0 saturated heterocycles. The van der Waals surface area contributed by atoms with Crippen LogP contribution in [0.3, 0.4) is 0 Å². The molecule has 0 bridgehead atoms. The van der Waals surface area contributed by atoms with E-state index in [4.69, 9.17) is 19.6 Å². The third-order valence-electron chi connectivity index (χ3n) is 6.69. The van der Waals surface area contributed by atoms with Crippen molar-refractivity contribution in [2.45, 2.75) is 31.0 Å². The van der Waals surface area contributed by atoms with E-state index in [0.29, 0.717) is 44.2 Å². The van der Waals surface area contributed by atoms with Gasteiger partial charge in [0, 0.05) is 38.1 Å². The summed E-state index contributed by atoms with van der Waals surface area (Å²) in [4.78, 5) is 21.1. The molecule has 6 heteroatoms. The predicted molar refractivity (Wildman–Crippen MR) is 139 cm³/mol. The Kier molecular flexibility index (Phi) is 6.87. The average Bonchev–Trinajstić information content (AvgIpc) is 3.25. The molecule has 2 aliphatic heterocycles. The van der Waals surface area contributed by atoms with Crippen molar-refractivity contribution in [3.63, 3.8) is 0 Å². The molecule has 184 valence electrons. The van der Waals surface area contributed by atoms with Crippen molar-refractivity contribution < 1.29 is 19.4 Å². The molecule has 2 atom stereocenters. The van der Waals surface area contributed by atoms with Gasteiger partial charge in [0.25, 0.3) is 5.91 Å². The molecule has 2 aliphatic rings. The van der Waals surface area contributed by atoms with Crippen molar-refractivity contribution in [1.82, 2.24) is 4.90 Å². The van der Waals surface area contributed by atoms with Gasteiger partial charge in [0.2, 0.25) is 5.90 Å². The lowest BCUT2D eigenvalue weighted by Gasteiger charge is -2.33. The largest absolute Gasteiger partial charge is 0.494 e. The standard InChI is InChI=1S/C30H30N2O4/c1-2-17-32-21-25-12-7-6-11-24(25)20-30(29(32)34)27(22-9-4-3-5-10-22)36-28(31-30)23-13-15-26(16-14-23)35-19-8-18-33/h2-7,9-16,27,33H,1,8,17-21H2/t27-,30-/m1/s1. The zero-order valence-electron chi connectivity index (χ0n) is 20.2. The van der Waals surface area contributed by atoms with Gasteiger partial charge in [-0.2, -0.15) is 0 Å². The Balaban J connectivity index is 1.58. The van der Waals surface area contributed by atoms with Crippen LogP contribution >= 0.6 is 0 Å². The number of hydrogen-bond acceptors (Lipinski definition) is 5. The summed E-state index contributed by atoms with van der Waals surface area (Å²) < 4.78 is 12.2. The van der Waals surface area contributed by atoms with E-state index in [0.717, 1.165) is 22.3 Å². The molecular weight excluding hydrogens is 452 g/mol. The molecule has 0 saturated carbocycles. The van der Waals surface area contributed by atoms with Gasteiger partial charge in [0.15, 0.2) is 11.6 Å². The van der Waals surface area contributed by atoms with Gasteiger partial charge in [-0.15, -0.1) is 6.58 Å². The molecule has 3 aromatic rings. The zero-order chi connectivity index (χ0) is 25.0. The van der Waals surface area contributed by atoms with Crippen molar-refractivity contribution >= 4 is 11.8 Å². The third kappa shape index (κ3) is 4.52. The minimum absolute atomic E-state index is 0.0635. The van der Waals surface area contributed by atoms with E-state index in [9.17, 15) is 4.79 Å². The lowest BCUT2D eigenvalue weighted by molar-refractivity contribution is -0.139. The van der Waals surface area contributed by atoms with Gasteiger partial charge in [-0.3, -0.25) is 4.79 Å². The molecule has 1 amide bonds. The van der Waals surface area contributed by atoms with Crippen LogP contribution in [0, 0.1) is 0 Å². The quantitative estimate of drug-likeness (QED) is 0.380. The van der Waals surface area contributed by atoms with E-state index in [1.54, 1.807) is 6.08 Å². The Morgan fingerprint density at radius 2 is 1.78 bits per heavy atom. The van der Waals surface area contributed by atoms with Gasteiger partial charge in [-0.1, -0.05) is 60.7 Å². The Hall–Kier alpha value is -3.90. The Morgan fingerprint density at radius 1 is 1.06 bits per heavy atom. The fourth-order valence-corrected chi connectivity index (χ4v) is 4.92. The van der Waals surface area contributed by atoms with Crippen molar-refractivity contribution in [3.8, 4) is 5.75 Å². The lowest BCUT2D eigenvalue weighted by atomic mass is 9.82. The number of amides is 1. The second-order valence-electron chi connectivity index (χ2n) is 9.12. The monoisotopic (exact) mass is 482 g/mol. The Bertz CT molecular complexity index is 1260. The first-order valence-electron chi connectivity index (χ1n) is 12.3. The second kappa shape index (κ2) is 10.4. The van der Waals surface area contributed by atoms with E-state index in [2.05, 4.69) is 18.7 Å². The fourth-order valence-electron chi connectivity index (χ4n) is 4.92. The zero-order valence-corrected chi connectivity index (χ0v) is 20.2. The van der Waals surface area contributed by atoms with E-state index in [-0.39, 0.29) is 12.5 Å². The first-order chi connectivity index (χ1) is 17.6. The van der Waals surface area contributed by atoms with E-state index < -0.39 is 11.6 Å². The van der Waals surface area contributed by atoms with Crippen LogP contribution in [0.5, 0.6) is 5.75 Å². The highest BCUT2D eigenvalue weighted by atomic mass is 16.5. The number of rotatable bonds is 8. The molecule has 0 radical (unpaired) electrons. The summed E-state index contributed by atoms with van der Waals surface area (Å²) >= 11 is 0. The van der Waals surface area contributed by atoms with E-state index >= 15 is 0 Å². The van der Waals surface area contributed by atoms with Gasteiger partial charge < -0.3 is 19.5 Å². The molecule has 2 heterocycles. The van der Waals surface area contributed by atoms with Crippen LogP contribution in [-0.4, -0.2) is 47.1 Å². The van der Waals surface area contributed by atoms with Gasteiger partial charge in [-0.05, 0) is 41.0 Å². The lowest BCUT2D eigenvalue weighted by Crippen LogP contribution is -2.50. The highest BCUT2D eigenvalue weighted by molar-refractivity contribution is 6.01. The number of aliphatic hydroxyl groups is 1. The molecular formula is C30H30N2O4. The minimum atomic E-state index is -1.14. The molecule has 1 N–H and O–H groups in total. The molecule has 0 fully saturated rings. The maximum Gasteiger partial charge on any atom is 0.255 e. The molecule has 0 unspecified atom stereocenters. The SMILES string of the molecule is C=CCN1Cc2ccccc2C[C@]2(N=C(c3ccc(OCCCO)cc3)O[C@@H]2c2ccccc2)C1=O. The first kappa shape index (κ1) is 23.8. The number of nitrogens with zero attached hydrogens (tertiary/aromatic N) is 2. The molecule has 6 nitrogen and oxygen atoms in total. The molecule has 36 heavy (non-hydrogen) atoms. The minimum Gasteiger partial charge on any atom is -0.494 e. The first-order valence-corrected chi connectivity index (χ1v) is 12.3. The number of hydrogen-bond donors (Lipinski definition) is 1. The van der Waals surface area contributed by atoms with Crippen LogP contribution in [0.1, 0.15) is 34.8 Å². The number of fused-ring (bicyclic) bond motifs is 1. The molecule has 5 rings (SSSR count). The van der Waals surface area contributed by atoms with Gasteiger partial charge >= 0.3 is 0 Å². The summed E-state index contributed by atoms with van der Waals surface area (Å²) in [6, 6.07) is 25.5. The number of ether oxygens (including phenoxy) is 2. The number of carbonyl (C=O) groups is 1. The fraction of sp³-hybridized carbons (Fsp3) is 0.267. The topological polar surface area (TPSA) is 71.4 Å². The van der Waals surface area contributed by atoms with Crippen LogP contribution < -0.4 is 4.74 Å². The summed E-state index contributed by atoms with van der Waals surface area (Å²) in [5.41, 5.74) is 2.76. The van der Waals surface area contributed by atoms with Crippen LogP contribution in [0.15, 0.2) is 96.5 Å². The van der Waals surface area contributed by atoms with Crippen molar-refractivity contribution in [3.05, 3.63) is 114 Å². The second-order valence-corrected chi connectivity index (χ2v) is 9.12. The highest BCUT2D eigenvalue weighted by Gasteiger charge is 2.55. The predicted octanol–water partition coefficient (Wildman–Crippen LogP) is 4.48. The number of aliphatic hydroxyl groups excluding tert-OH is 1. The summed E-state index contributed by atoms with van der Waals surface area (Å²) in [6.45, 7) is 5.35. The highest BCUT2D eigenvalue weighted by Crippen LogP contribution is 2.45. The van der Waals surface area contributed by atoms with Crippen molar-refractivity contribution in [1.29, 1.82) is 0 Å². The van der Waals surface area contributed by atoms with Gasteiger partial charge in [-0.25, -0.2) is 4.99 Å². The molecule has 0 aromatic heterocycles. The summed E-state index contributed by atoms with van der Waals surface area (Å²) in [6.07, 6.45) is 2.21. The molecule has 1 spiro atoms. The van der Waals surface area contributed by atoms with E-state index in [1.165, 1.54) is 0 Å². The Morgan fingerprint density at radius 3 is 2.50 bits per heavy atom. The summed E-state index contributed by atoms with van der Waals surface area (Å²) in [5.74, 6) is 1.08.